The molecular formula is C23H21F3N2O3S. The number of amides is 1. The van der Waals surface area contributed by atoms with Crippen molar-refractivity contribution in [1.29, 1.82) is 0 Å². The fourth-order valence-electron chi connectivity index (χ4n) is 3.11. The molecule has 0 saturated heterocycles. The number of carbonyl (C=O) groups is 1. The van der Waals surface area contributed by atoms with Gasteiger partial charge in [0, 0.05) is 5.69 Å². The van der Waals surface area contributed by atoms with Gasteiger partial charge in [-0.25, -0.2) is 8.42 Å². The fraction of sp³-hybridized carbons (Fsp3) is 0.174. The van der Waals surface area contributed by atoms with Crippen LogP contribution >= 0.6 is 0 Å². The second kappa shape index (κ2) is 9.04. The molecule has 0 aromatic heterocycles. The molecule has 0 bridgehead atoms. The van der Waals surface area contributed by atoms with Crippen LogP contribution < -0.4 is 9.62 Å². The number of alkyl halides is 3. The third-order valence-electron chi connectivity index (χ3n) is 4.73. The molecule has 0 aliphatic rings. The zero-order valence-electron chi connectivity index (χ0n) is 17.3. The summed E-state index contributed by atoms with van der Waals surface area (Å²) in [5, 5.41) is 2.37. The van der Waals surface area contributed by atoms with E-state index < -0.39 is 34.2 Å². The van der Waals surface area contributed by atoms with Crippen LogP contribution in [0.25, 0.3) is 0 Å². The van der Waals surface area contributed by atoms with E-state index in [0.717, 1.165) is 22.0 Å². The van der Waals surface area contributed by atoms with Gasteiger partial charge >= 0.3 is 6.18 Å². The van der Waals surface area contributed by atoms with Gasteiger partial charge in [0.05, 0.1) is 16.1 Å². The number of hydrogen-bond donors (Lipinski definition) is 1. The summed E-state index contributed by atoms with van der Waals surface area (Å²) in [6, 6.07) is 17.0. The van der Waals surface area contributed by atoms with Crippen molar-refractivity contribution in [3.63, 3.8) is 0 Å². The molecule has 0 radical (unpaired) electrons. The van der Waals surface area contributed by atoms with Crippen LogP contribution in [0.2, 0.25) is 0 Å². The van der Waals surface area contributed by atoms with Crippen LogP contribution in [-0.4, -0.2) is 20.9 Å². The maximum absolute atomic E-state index is 13.4. The van der Waals surface area contributed by atoms with E-state index in [1.807, 2.05) is 6.07 Å². The number of nitrogens with one attached hydrogen (secondary N) is 1. The Morgan fingerprint density at radius 3 is 2.28 bits per heavy atom. The van der Waals surface area contributed by atoms with Gasteiger partial charge < -0.3 is 5.32 Å². The Balaban J connectivity index is 1.96. The molecule has 5 nitrogen and oxygen atoms in total. The maximum atomic E-state index is 13.4. The van der Waals surface area contributed by atoms with Crippen molar-refractivity contribution in [2.24, 2.45) is 0 Å². The molecule has 0 aliphatic heterocycles. The van der Waals surface area contributed by atoms with E-state index in [4.69, 9.17) is 0 Å². The van der Waals surface area contributed by atoms with E-state index in [1.165, 1.54) is 24.3 Å². The Hall–Kier alpha value is -3.33. The second-order valence-electron chi connectivity index (χ2n) is 7.24. The summed E-state index contributed by atoms with van der Waals surface area (Å²) in [6.07, 6.45) is -4.57. The fourth-order valence-corrected chi connectivity index (χ4v) is 4.61. The van der Waals surface area contributed by atoms with Crippen molar-refractivity contribution in [2.45, 2.75) is 24.9 Å². The highest BCUT2D eigenvalue weighted by molar-refractivity contribution is 7.92. The van der Waals surface area contributed by atoms with Crippen LogP contribution in [0.15, 0.2) is 77.7 Å². The third-order valence-corrected chi connectivity index (χ3v) is 6.50. The van der Waals surface area contributed by atoms with Gasteiger partial charge in [0.25, 0.3) is 10.0 Å². The summed E-state index contributed by atoms with van der Waals surface area (Å²) in [6.45, 7) is 2.89. The van der Waals surface area contributed by atoms with Crippen LogP contribution in [0, 0.1) is 13.8 Å². The lowest BCUT2D eigenvalue weighted by atomic mass is 10.1. The van der Waals surface area contributed by atoms with Crippen LogP contribution in [-0.2, 0) is 21.0 Å². The smallest absolute Gasteiger partial charge is 0.325 e. The summed E-state index contributed by atoms with van der Waals surface area (Å²) in [4.78, 5) is 12.7. The normalized spacial score (nSPS) is 11.8. The monoisotopic (exact) mass is 462 g/mol. The average molecular weight is 462 g/mol. The summed E-state index contributed by atoms with van der Waals surface area (Å²) in [5.74, 6) is -0.773. The molecule has 168 valence electrons. The third kappa shape index (κ3) is 5.28. The number of anilines is 2. The largest absolute Gasteiger partial charge is 0.416 e. The van der Waals surface area contributed by atoms with Gasteiger partial charge in [-0.05, 0) is 61.4 Å². The van der Waals surface area contributed by atoms with Gasteiger partial charge in [0.15, 0.2) is 0 Å². The molecule has 32 heavy (non-hydrogen) atoms. The molecule has 3 aromatic carbocycles. The predicted octanol–water partition coefficient (Wildman–Crippen LogP) is 5.16. The van der Waals surface area contributed by atoms with Crippen molar-refractivity contribution in [2.75, 3.05) is 16.2 Å². The summed E-state index contributed by atoms with van der Waals surface area (Å²) in [7, 11) is -4.12. The Kier molecular flexibility index (Phi) is 6.59. The van der Waals surface area contributed by atoms with Crippen LogP contribution in [0.3, 0.4) is 0 Å². The highest BCUT2D eigenvalue weighted by Crippen LogP contribution is 2.31. The van der Waals surface area contributed by atoms with Crippen molar-refractivity contribution < 1.29 is 26.4 Å². The number of benzene rings is 3. The first-order chi connectivity index (χ1) is 15.0. The van der Waals surface area contributed by atoms with Crippen LogP contribution in [0.1, 0.15) is 16.7 Å². The van der Waals surface area contributed by atoms with Gasteiger partial charge in [-0.2, -0.15) is 13.2 Å². The zero-order valence-corrected chi connectivity index (χ0v) is 18.2. The summed E-state index contributed by atoms with van der Waals surface area (Å²) in [5.41, 5.74) is 0.730. The topological polar surface area (TPSA) is 66.5 Å². The molecule has 3 rings (SSSR count). The molecule has 0 unspecified atom stereocenters. The molecule has 0 spiro atoms. The second-order valence-corrected chi connectivity index (χ2v) is 9.10. The Morgan fingerprint density at radius 2 is 1.62 bits per heavy atom. The number of carbonyl (C=O) groups excluding carboxylic acids is 1. The van der Waals surface area contributed by atoms with Crippen molar-refractivity contribution in [3.8, 4) is 0 Å². The van der Waals surface area contributed by atoms with Gasteiger partial charge in [-0.15, -0.1) is 0 Å². The Morgan fingerprint density at radius 1 is 0.938 bits per heavy atom. The lowest BCUT2D eigenvalue weighted by Crippen LogP contribution is -2.38. The zero-order chi connectivity index (χ0) is 23.5. The van der Waals surface area contributed by atoms with E-state index >= 15 is 0 Å². The number of halogens is 3. The standard InChI is InChI=1S/C23H21F3N2O3S/c1-16-11-12-17(2)21(13-16)28(32(30,31)20-9-4-3-5-10-20)15-22(29)27-19-8-6-7-18(14-19)23(24,25)26/h3-14H,15H2,1-2H3,(H,27,29). The molecule has 1 amide bonds. The number of hydrogen-bond acceptors (Lipinski definition) is 3. The molecule has 0 fully saturated rings. The van der Waals surface area contributed by atoms with Gasteiger partial charge in [-0.3, -0.25) is 9.10 Å². The van der Waals surface area contributed by atoms with E-state index in [0.29, 0.717) is 11.3 Å². The van der Waals surface area contributed by atoms with Gasteiger partial charge in [0.1, 0.15) is 6.54 Å². The molecule has 0 atom stereocenters. The molecule has 9 heteroatoms. The Bertz CT molecular complexity index is 1230. The molecule has 0 saturated carbocycles. The van der Waals surface area contributed by atoms with Crippen LogP contribution in [0.4, 0.5) is 24.5 Å². The first-order valence-corrected chi connectivity index (χ1v) is 11.0. The number of rotatable bonds is 6. The average Bonchev–Trinajstić information content (AvgIpc) is 2.74. The van der Waals surface area contributed by atoms with Crippen molar-refractivity contribution >= 4 is 27.3 Å². The van der Waals surface area contributed by atoms with E-state index in [9.17, 15) is 26.4 Å². The lowest BCUT2D eigenvalue weighted by molar-refractivity contribution is -0.137. The van der Waals surface area contributed by atoms with E-state index in [2.05, 4.69) is 5.32 Å². The first-order valence-electron chi connectivity index (χ1n) is 9.60. The highest BCUT2D eigenvalue weighted by Gasteiger charge is 2.31. The molecule has 0 aliphatic carbocycles. The summed E-state index contributed by atoms with van der Waals surface area (Å²) < 4.78 is 66.6. The maximum Gasteiger partial charge on any atom is 0.416 e. The SMILES string of the molecule is Cc1ccc(C)c(N(CC(=O)Nc2cccc(C(F)(F)F)c2)S(=O)(=O)c2ccccc2)c1. The highest BCUT2D eigenvalue weighted by atomic mass is 32.2. The predicted molar refractivity (Wildman–Crippen MR) is 117 cm³/mol. The number of sulfonamides is 1. The lowest BCUT2D eigenvalue weighted by Gasteiger charge is -2.26. The van der Waals surface area contributed by atoms with E-state index in [-0.39, 0.29) is 10.6 Å². The molecule has 3 aromatic rings. The minimum atomic E-state index is -4.57. The van der Waals surface area contributed by atoms with Crippen molar-refractivity contribution in [3.05, 3.63) is 89.5 Å². The molecule has 1 N–H and O–H groups in total. The minimum absolute atomic E-state index is 0.00669. The number of aryl methyl sites for hydroxylation is 2. The van der Waals surface area contributed by atoms with Gasteiger partial charge in [0.2, 0.25) is 5.91 Å². The molecular weight excluding hydrogens is 441 g/mol. The van der Waals surface area contributed by atoms with Crippen LogP contribution in [0.5, 0.6) is 0 Å². The number of nitrogens with zero attached hydrogens (tertiary/aromatic N) is 1. The van der Waals surface area contributed by atoms with Crippen molar-refractivity contribution in [1.82, 2.24) is 0 Å². The van der Waals surface area contributed by atoms with E-state index in [1.54, 1.807) is 44.2 Å². The minimum Gasteiger partial charge on any atom is -0.325 e. The Labute approximate surface area is 184 Å². The molecule has 0 heterocycles. The summed E-state index contributed by atoms with van der Waals surface area (Å²) >= 11 is 0. The first kappa shape index (κ1) is 23.3. The van der Waals surface area contributed by atoms with Gasteiger partial charge in [-0.1, -0.05) is 36.4 Å². The quantitative estimate of drug-likeness (QED) is 0.551.